The molecule has 6 heteroatoms. The average molecular weight is 375 g/mol. The summed E-state index contributed by atoms with van der Waals surface area (Å²) in [6.45, 7) is 0. The fourth-order valence-electron chi connectivity index (χ4n) is 2.63. The number of ether oxygens (including phenoxy) is 1. The van der Waals surface area contributed by atoms with Crippen LogP contribution >= 0.6 is 11.8 Å². The zero-order chi connectivity index (χ0) is 18.5. The number of nitrogens with zero attached hydrogens (tertiary/aromatic N) is 2. The minimum atomic E-state index is 0.148. The maximum atomic E-state index is 12.3. The van der Waals surface area contributed by atoms with E-state index in [1.54, 1.807) is 12.4 Å². The van der Waals surface area contributed by atoms with E-state index in [-0.39, 0.29) is 5.78 Å². The van der Waals surface area contributed by atoms with Gasteiger partial charge in [0.25, 0.3) is 0 Å². The molecule has 0 aliphatic rings. The van der Waals surface area contributed by atoms with Crippen molar-refractivity contribution in [3.8, 4) is 11.5 Å². The van der Waals surface area contributed by atoms with Crippen LogP contribution in [0.1, 0.15) is 5.56 Å². The van der Waals surface area contributed by atoms with Gasteiger partial charge in [-0.15, -0.1) is 0 Å². The highest BCUT2D eigenvalue weighted by Crippen LogP contribution is 2.22. The average Bonchev–Trinajstić information content (AvgIpc) is 3.12. The lowest BCUT2D eigenvalue weighted by molar-refractivity contribution is -0.116. The molecule has 2 heterocycles. The van der Waals surface area contributed by atoms with Gasteiger partial charge in [0.1, 0.15) is 17.3 Å². The zero-order valence-corrected chi connectivity index (χ0v) is 15.3. The Hall–Kier alpha value is -3.12. The number of imidazole rings is 1. The Morgan fingerprint density at radius 3 is 2.56 bits per heavy atom. The number of fused-ring (bicyclic) bond motifs is 1. The number of carbonyl (C=O) groups excluding carboxylic acids is 1. The summed E-state index contributed by atoms with van der Waals surface area (Å²) in [6, 6.07) is 19.1. The van der Waals surface area contributed by atoms with Gasteiger partial charge in [-0.05, 0) is 35.9 Å². The number of Topliss-reactive ketones (excluding diaryl/α,β-unsaturated/α-hetero) is 1. The molecule has 0 saturated carbocycles. The molecule has 0 amide bonds. The van der Waals surface area contributed by atoms with Gasteiger partial charge < -0.3 is 9.72 Å². The zero-order valence-electron chi connectivity index (χ0n) is 14.5. The van der Waals surface area contributed by atoms with Gasteiger partial charge in [0, 0.05) is 12.6 Å². The number of carbonyl (C=O) groups is 1. The smallest absolute Gasteiger partial charge is 0.166 e. The summed E-state index contributed by atoms with van der Waals surface area (Å²) < 4.78 is 5.77. The van der Waals surface area contributed by atoms with E-state index < -0.39 is 0 Å². The van der Waals surface area contributed by atoms with Crippen molar-refractivity contribution in [3.63, 3.8) is 0 Å². The third kappa shape index (κ3) is 4.54. The number of para-hydroxylation sites is 1. The molecule has 0 radical (unpaired) electrons. The third-order valence-corrected chi connectivity index (χ3v) is 4.87. The van der Waals surface area contributed by atoms with E-state index >= 15 is 0 Å². The summed E-state index contributed by atoms with van der Waals surface area (Å²) in [7, 11) is 0. The summed E-state index contributed by atoms with van der Waals surface area (Å²) in [4.78, 5) is 23.9. The summed E-state index contributed by atoms with van der Waals surface area (Å²) >= 11 is 1.41. The molecule has 0 saturated heterocycles. The molecule has 134 valence electrons. The van der Waals surface area contributed by atoms with E-state index in [1.165, 1.54) is 11.8 Å². The van der Waals surface area contributed by atoms with Gasteiger partial charge in [0.15, 0.2) is 5.16 Å². The van der Waals surface area contributed by atoms with Crippen molar-refractivity contribution in [1.82, 2.24) is 15.0 Å². The van der Waals surface area contributed by atoms with Crippen LogP contribution in [-0.2, 0) is 11.2 Å². The number of benzene rings is 2. The first kappa shape index (κ1) is 17.3. The number of aromatic nitrogens is 3. The van der Waals surface area contributed by atoms with Crippen LogP contribution in [0, 0.1) is 0 Å². The maximum absolute atomic E-state index is 12.3. The van der Waals surface area contributed by atoms with Crippen LogP contribution in [0.4, 0.5) is 0 Å². The first-order valence-electron chi connectivity index (χ1n) is 8.52. The second kappa shape index (κ2) is 8.05. The SMILES string of the molecule is O=C(CSc1nc2ccncc2[nH]1)Cc1ccc(Oc2ccccc2)cc1. The van der Waals surface area contributed by atoms with Crippen molar-refractivity contribution >= 4 is 28.6 Å². The minimum absolute atomic E-state index is 0.148. The second-order valence-corrected chi connectivity index (χ2v) is 6.96. The normalized spacial score (nSPS) is 10.8. The molecule has 2 aromatic heterocycles. The van der Waals surface area contributed by atoms with E-state index in [4.69, 9.17) is 4.74 Å². The van der Waals surface area contributed by atoms with Crippen LogP contribution in [0.5, 0.6) is 11.5 Å². The highest BCUT2D eigenvalue weighted by atomic mass is 32.2. The topological polar surface area (TPSA) is 67.9 Å². The first-order valence-corrected chi connectivity index (χ1v) is 9.51. The molecule has 27 heavy (non-hydrogen) atoms. The van der Waals surface area contributed by atoms with E-state index in [2.05, 4.69) is 15.0 Å². The number of H-pyrrole nitrogens is 1. The predicted octanol–water partition coefficient (Wildman–Crippen LogP) is 4.65. The predicted molar refractivity (Wildman–Crippen MR) is 106 cm³/mol. The van der Waals surface area contributed by atoms with E-state index in [0.29, 0.717) is 12.2 Å². The molecule has 1 N–H and O–H groups in total. The van der Waals surface area contributed by atoms with E-state index in [9.17, 15) is 4.79 Å². The number of hydrogen-bond donors (Lipinski definition) is 1. The Kier molecular flexibility index (Phi) is 5.16. The van der Waals surface area contributed by atoms with Gasteiger partial charge in [-0.3, -0.25) is 9.78 Å². The van der Waals surface area contributed by atoms with Crippen LogP contribution in [0.15, 0.2) is 78.2 Å². The van der Waals surface area contributed by atoms with Crippen LogP contribution in [0.3, 0.4) is 0 Å². The van der Waals surface area contributed by atoms with Crippen LogP contribution in [0.2, 0.25) is 0 Å². The second-order valence-electron chi connectivity index (χ2n) is 6.00. The standard InChI is InChI=1S/C21H17N3O2S/c25-16(14-27-21-23-19-10-11-22-13-20(19)24-21)12-15-6-8-18(9-7-15)26-17-4-2-1-3-5-17/h1-11,13H,12,14H2,(H,23,24). The Labute approximate surface area is 160 Å². The van der Waals surface area contributed by atoms with Gasteiger partial charge in [-0.1, -0.05) is 42.1 Å². The Morgan fingerprint density at radius 2 is 1.78 bits per heavy atom. The molecule has 2 aromatic carbocycles. The number of hydrogen-bond acceptors (Lipinski definition) is 5. The van der Waals surface area contributed by atoms with Gasteiger partial charge in [-0.25, -0.2) is 4.98 Å². The monoisotopic (exact) mass is 375 g/mol. The van der Waals surface area contributed by atoms with Crippen LogP contribution in [0.25, 0.3) is 11.0 Å². The number of thioether (sulfide) groups is 1. The highest BCUT2D eigenvalue weighted by Gasteiger charge is 2.08. The van der Waals surface area contributed by atoms with Crippen molar-refractivity contribution in [2.45, 2.75) is 11.6 Å². The number of pyridine rings is 1. The van der Waals surface area contributed by atoms with Crippen molar-refractivity contribution < 1.29 is 9.53 Å². The van der Waals surface area contributed by atoms with E-state index in [0.717, 1.165) is 33.3 Å². The van der Waals surface area contributed by atoms with Crippen molar-refractivity contribution in [1.29, 1.82) is 0 Å². The third-order valence-electron chi connectivity index (χ3n) is 3.94. The lowest BCUT2D eigenvalue weighted by Crippen LogP contribution is -2.05. The largest absolute Gasteiger partial charge is 0.457 e. The molecular weight excluding hydrogens is 358 g/mol. The number of nitrogens with one attached hydrogen (secondary N) is 1. The van der Waals surface area contributed by atoms with Crippen molar-refractivity contribution in [2.75, 3.05) is 5.75 Å². The van der Waals surface area contributed by atoms with Gasteiger partial charge >= 0.3 is 0 Å². The van der Waals surface area contributed by atoms with Crippen molar-refractivity contribution in [2.24, 2.45) is 0 Å². The fraction of sp³-hybridized carbons (Fsp3) is 0.0952. The lowest BCUT2D eigenvalue weighted by Gasteiger charge is -2.06. The van der Waals surface area contributed by atoms with Crippen LogP contribution < -0.4 is 4.74 Å². The Bertz CT molecular complexity index is 1010. The molecule has 4 aromatic rings. The highest BCUT2D eigenvalue weighted by molar-refractivity contribution is 7.99. The molecule has 0 aliphatic carbocycles. The number of rotatable bonds is 7. The molecule has 5 nitrogen and oxygen atoms in total. The minimum Gasteiger partial charge on any atom is -0.457 e. The van der Waals surface area contributed by atoms with Crippen LogP contribution in [-0.4, -0.2) is 26.5 Å². The summed E-state index contributed by atoms with van der Waals surface area (Å²) in [5.74, 6) is 2.06. The molecule has 0 aliphatic heterocycles. The Balaban J connectivity index is 1.31. The summed E-state index contributed by atoms with van der Waals surface area (Å²) in [5.41, 5.74) is 2.70. The maximum Gasteiger partial charge on any atom is 0.166 e. The lowest BCUT2D eigenvalue weighted by atomic mass is 10.1. The number of aromatic amines is 1. The number of ketones is 1. The molecular formula is C21H17N3O2S. The first-order chi connectivity index (χ1) is 13.3. The van der Waals surface area contributed by atoms with Gasteiger partial charge in [0.2, 0.25) is 0 Å². The van der Waals surface area contributed by atoms with E-state index in [1.807, 2.05) is 60.7 Å². The Morgan fingerprint density at radius 1 is 1.00 bits per heavy atom. The fourth-order valence-corrected chi connectivity index (χ4v) is 3.37. The summed E-state index contributed by atoms with van der Waals surface area (Å²) in [6.07, 6.45) is 3.82. The quantitative estimate of drug-likeness (QED) is 0.476. The van der Waals surface area contributed by atoms with Gasteiger partial charge in [-0.2, -0.15) is 0 Å². The molecule has 0 fully saturated rings. The van der Waals surface area contributed by atoms with Crippen molar-refractivity contribution in [3.05, 3.63) is 78.6 Å². The molecule has 0 spiro atoms. The molecule has 4 rings (SSSR count). The molecule has 0 atom stereocenters. The molecule has 0 bridgehead atoms. The summed E-state index contributed by atoms with van der Waals surface area (Å²) in [5, 5.41) is 0.734. The van der Waals surface area contributed by atoms with Gasteiger partial charge in [0.05, 0.1) is 23.0 Å². The molecule has 0 unspecified atom stereocenters.